The zero-order valence-electron chi connectivity index (χ0n) is 3.33. The molecule has 1 heterocycles. The molecule has 0 saturated carbocycles. The second-order valence-electron chi connectivity index (χ2n) is 0.953. The van der Waals surface area contributed by atoms with Crippen LogP contribution in [0, 0.1) is 4.77 Å². The Bertz CT molecular complexity index is 196. The minimum Gasteiger partial charge on any atom is -0.321 e. The van der Waals surface area contributed by atoms with E-state index in [1.807, 2.05) is 0 Å². The van der Waals surface area contributed by atoms with Crippen molar-refractivity contribution >= 4 is 12.2 Å². The molecular formula is CH3N5S. The van der Waals surface area contributed by atoms with Crippen molar-refractivity contribution in [1.82, 2.24) is 20.3 Å². The second kappa shape index (κ2) is 1.30. The van der Waals surface area contributed by atoms with Gasteiger partial charge in [-0.25, -0.2) is 0 Å². The van der Waals surface area contributed by atoms with Crippen LogP contribution in [0.25, 0.3) is 0 Å². The van der Waals surface area contributed by atoms with E-state index in [1.165, 1.54) is 0 Å². The summed E-state index contributed by atoms with van der Waals surface area (Å²) in [6.07, 6.45) is 0. The Kier molecular flexibility index (Phi) is 0.791. The molecule has 0 amide bonds. The van der Waals surface area contributed by atoms with Gasteiger partial charge >= 0.3 is 0 Å². The van der Waals surface area contributed by atoms with Crippen molar-refractivity contribution in [1.29, 1.82) is 0 Å². The Morgan fingerprint density at radius 3 is 2.71 bits per heavy atom. The summed E-state index contributed by atoms with van der Waals surface area (Å²) in [4.78, 5) is 1.05. The Morgan fingerprint density at radius 2 is 2.57 bits per heavy atom. The van der Waals surface area contributed by atoms with Gasteiger partial charge in [0, 0.05) is 0 Å². The molecule has 0 aliphatic carbocycles. The van der Waals surface area contributed by atoms with Gasteiger partial charge in [-0.15, -0.1) is 0 Å². The first-order chi connectivity index (χ1) is 3.30. The van der Waals surface area contributed by atoms with Gasteiger partial charge in [0.25, 0.3) is 4.77 Å². The van der Waals surface area contributed by atoms with E-state index in [9.17, 15) is 0 Å². The molecule has 3 N–H and O–H groups in total. The Morgan fingerprint density at radius 1 is 1.86 bits per heavy atom. The standard InChI is InChI=1S/CH3N5S/c2-6-1(7)3-4-5-6/h2H2,(H,3,5,7). The van der Waals surface area contributed by atoms with E-state index in [1.54, 1.807) is 0 Å². The summed E-state index contributed by atoms with van der Waals surface area (Å²) >= 11 is 4.52. The molecule has 5 nitrogen and oxygen atoms in total. The van der Waals surface area contributed by atoms with Crippen molar-refractivity contribution < 1.29 is 0 Å². The van der Waals surface area contributed by atoms with Crippen LogP contribution in [-0.2, 0) is 0 Å². The molecule has 1 rings (SSSR count). The largest absolute Gasteiger partial charge is 0.321 e. The second-order valence-corrected chi connectivity index (χ2v) is 1.32. The summed E-state index contributed by atoms with van der Waals surface area (Å²) in [5.74, 6) is 5.07. The van der Waals surface area contributed by atoms with Crippen LogP contribution >= 0.6 is 12.2 Å². The first-order valence-electron chi connectivity index (χ1n) is 1.56. The highest BCUT2D eigenvalue weighted by atomic mass is 32.1. The third-order valence-corrected chi connectivity index (χ3v) is 0.772. The summed E-state index contributed by atoms with van der Waals surface area (Å²) in [7, 11) is 0. The fourth-order valence-corrected chi connectivity index (χ4v) is 0.286. The molecule has 7 heavy (non-hydrogen) atoms. The molecule has 0 saturated heterocycles. The molecule has 0 radical (unpaired) electrons. The van der Waals surface area contributed by atoms with E-state index in [-0.39, 0.29) is 4.77 Å². The summed E-state index contributed by atoms with van der Waals surface area (Å²) in [5, 5.41) is 8.94. The molecular weight excluding hydrogens is 114 g/mol. The number of aromatic nitrogens is 4. The molecule has 0 spiro atoms. The maximum atomic E-state index is 5.07. The fourth-order valence-electron chi connectivity index (χ4n) is 0.204. The number of nitrogens with two attached hydrogens (primary N) is 1. The summed E-state index contributed by atoms with van der Waals surface area (Å²) in [5.41, 5.74) is 0. The van der Waals surface area contributed by atoms with Crippen molar-refractivity contribution in [2.24, 2.45) is 0 Å². The van der Waals surface area contributed by atoms with Gasteiger partial charge in [0.2, 0.25) is 0 Å². The molecule has 1 aromatic rings. The number of aromatic amines is 1. The van der Waals surface area contributed by atoms with Gasteiger partial charge in [-0.1, -0.05) is 5.10 Å². The lowest BCUT2D eigenvalue weighted by Gasteiger charge is -1.78. The van der Waals surface area contributed by atoms with E-state index in [2.05, 4.69) is 27.7 Å². The highest BCUT2D eigenvalue weighted by molar-refractivity contribution is 7.71. The average Bonchev–Trinajstić information content (AvgIpc) is 1.91. The molecule has 0 bridgehead atoms. The number of H-pyrrole nitrogens is 1. The van der Waals surface area contributed by atoms with Crippen molar-refractivity contribution in [2.45, 2.75) is 0 Å². The highest BCUT2D eigenvalue weighted by Crippen LogP contribution is 1.67. The minimum atomic E-state index is 0.250. The van der Waals surface area contributed by atoms with Crippen LogP contribution in [-0.4, -0.2) is 20.3 Å². The van der Waals surface area contributed by atoms with Crippen LogP contribution in [0.3, 0.4) is 0 Å². The molecule has 38 valence electrons. The topological polar surface area (TPSA) is 72.5 Å². The number of tetrazole rings is 1. The molecule has 0 unspecified atom stereocenters. The van der Waals surface area contributed by atoms with Gasteiger partial charge < -0.3 is 5.84 Å². The van der Waals surface area contributed by atoms with Crippen molar-refractivity contribution in [3.8, 4) is 0 Å². The van der Waals surface area contributed by atoms with E-state index >= 15 is 0 Å². The van der Waals surface area contributed by atoms with Crippen LogP contribution in [0.5, 0.6) is 0 Å². The molecule has 0 aromatic carbocycles. The number of hydrogen-bond donors (Lipinski definition) is 2. The van der Waals surface area contributed by atoms with Gasteiger partial charge in [-0.3, -0.25) is 0 Å². The van der Waals surface area contributed by atoms with Crippen molar-refractivity contribution in [2.75, 3.05) is 5.84 Å². The van der Waals surface area contributed by atoms with E-state index in [4.69, 9.17) is 5.84 Å². The SMILES string of the molecule is Nn1[nH]nnc1=S. The predicted octanol–water partition coefficient (Wildman–Crippen LogP) is -0.951. The smallest absolute Gasteiger partial charge is 0.258 e. The summed E-state index contributed by atoms with van der Waals surface area (Å²) < 4.78 is 0.250. The zero-order chi connectivity index (χ0) is 5.28. The normalized spacial score (nSPS) is 9.14. The zero-order valence-corrected chi connectivity index (χ0v) is 4.14. The molecule has 0 aliphatic heterocycles. The maximum absolute atomic E-state index is 5.07. The van der Waals surface area contributed by atoms with E-state index in [0.717, 1.165) is 4.79 Å². The minimum absolute atomic E-state index is 0.250. The number of nitrogens with zero attached hydrogens (tertiary/aromatic N) is 3. The number of rotatable bonds is 0. The summed E-state index contributed by atoms with van der Waals surface area (Å²) in [6.45, 7) is 0. The third kappa shape index (κ3) is 0.588. The number of hydrogen-bond acceptors (Lipinski definition) is 4. The van der Waals surface area contributed by atoms with Gasteiger partial charge in [0.15, 0.2) is 0 Å². The third-order valence-electron chi connectivity index (χ3n) is 0.494. The Balaban J connectivity index is 3.39. The first kappa shape index (κ1) is 4.25. The maximum Gasteiger partial charge on any atom is 0.258 e. The lowest BCUT2D eigenvalue weighted by Crippen LogP contribution is -2.09. The van der Waals surface area contributed by atoms with Crippen LogP contribution in [0.15, 0.2) is 0 Å². The van der Waals surface area contributed by atoms with Gasteiger partial charge in [0.1, 0.15) is 0 Å². The number of nitrogen functional groups attached to an aromatic ring is 1. The lowest BCUT2D eigenvalue weighted by atomic mass is 11.4. The lowest BCUT2D eigenvalue weighted by molar-refractivity contribution is 0.752. The Hall–Kier alpha value is -0.910. The van der Waals surface area contributed by atoms with E-state index in [0.29, 0.717) is 0 Å². The quantitative estimate of drug-likeness (QED) is 0.339. The first-order valence-corrected chi connectivity index (χ1v) is 1.96. The van der Waals surface area contributed by atoms with Gasteiger partial charge in [-0.2, -0.15) is 10.0 Å². The Labute approximate surface area is 44.1 Å². The van der Waals surface area contributed by atoms with Crippen LogP contribution in [0.2, 0.25) is 0 Å². The monoisotopic (exact) mass is 117 g/mol. The van der Waals surface area contributed by atoms with Gasteiger partial charge in [-0.05, 0) is 17.4 Å². The van der Waals surface area contributed by atoms with Crippen molar-refractivity contribution in [3.05, 3.63) is 4.77 Å². The highest BCUT2D eigenvalue weighted by Gasteiger charge is 1.80. The van der Waals surface area contributed by atoms with Crippen LogP contribution in [0.1, 0.15) is 0 Å². The van der Waals surface area contributed by atoms with Gasteiger partial charge in [0.05, 0.1) is 0 Å². The summed E-state index contributed by atoms with van der Waals surface area (Å²) in [6, 6.07) is 0. The van der Waals surface area contributed by atoms with E-state index < -0.39 is 0 Å². The molecule has 0 fully saturated rings. The molecule has 0 aliphatic rings. The number of nitrogens with one attached hydrogen (secondary N) is 1. The predicted molar refractivity (Wildman–Crippen MR) is 25.4 cm³/mol. The molecule has 1 aromatic heterocycles. The molecule has 6 heteroatoms. The van der Waals surface area contributed by atoms with Crippen LogP contribution < -0.4 is 5.84 Å². The van der Waals surface area contributed by atoms with Crippen molar-refractivity contribution in [3.63, 3.8) is 0 Å². The average molecular weight is 117 g/mol. The van der Waals surface area contributed by atoms with Crippen LogP contribution in [0.4, 0.5) is 0 Å². The fraction of sp³-hybridized carbons (Fsp3) is 0. The molecule has 0 atom stereocenters.